The van der Waals surface area contributed by atoms with Crippen molar-refractivity contribution < 1.29 is 74.1 Å². The molecule has 2 aliphatic heterocycles. The van der Waals surface area contributed by atoms with Gasteiger partial charge in [-0.1, -0.05) is 12.1 Å². The molecule has 8 N–H and O–H groups in total. The second kappa shape index (κ2) is 15.2. The predicted molar refractivity (Wildman–Crippen MR) is 152 cm³/mol. The van der Waals surface area contributed by atoms with Crippen molar-refractivity contribution in [3.8, 4) is 23.0 Å². The molecule has 2 aromatic rings. The van der Waals surface area contributed by atoms with Crippen LogP contribution >= 0.6 is 0 Å². The van der Waals surface area contributed by atoms with Gasteiger partial charge < -0.3 is 69.3 Å². The number of phenolic OH excluding ortho intramolecular Hbond substituents is 3. The predicted octanol–water partition coefficient (Wildman–Crippen LogP) is -0.713. The number of phenols is 3. The maximum Gasteiger partial charge on any atom is 0.330 e. The maximum absolute atomic E-state index is 12.5. The molecule has 4 rings (SSSR count). The molecule has 2 aliphatic rings. The SMILES string of the molecule is COc1cc(C=CC(=O)OC[C@H]2O[C@@H](OCCc3ccc(O)c(O)c3)[C@H](O)[C@H](O[C@@H]3O[C@H](C)[C@H](O)[C@@H](O)[C@H]3O)[C@@H]2O)ccc1O. The lowest BCUT2D eigenvalue weighted by molar-refractivity contribution is -0.357. The summed E-state index contributed by atoms with van der Waals surface area (Å²) in [6.07, 6.45) is -12.2. The highest BCUT2D eigenvalue weighted by molar-refractivity contribution is 5.87. The molecule has 0 amide bonds. The van der Waals surface area contributed by atoms with Gasteiger partial charge in [-0.05, 0) is 54.8 Å². The zero-order valence-corrected chi connectivity index (χ0v) is 24.4. The number of hydrogen-bond donors (Lipinski definition) is 8. The molecule has 0 aromatic heterocycles. The summed E-state index contributed by atoms with van der Waals surface area (Å²) in [5.41, 5.74) is 1.11. The van der Waals surface area contributed by atoms with E-state index in [0.29, 0.717) is 11.1 Å². The van der Waals surface area contributed by atoms with Gasteiger partial charge in [0.2, 0.25) is 0 Å². The Morgan fingerprint density at radius 1 is 0.844 bits per heavy atom. The van der Waals surface area contributed by atoms with E-state index in [4.69, 9.17) is 28.4 Å². The number of hydrogen-bond acceptors (Lipinski definition) is 15. The summed E-state index contributed by atoms with van der Waals surface area (Å²) in [4.78, 5) is 12.5. The van der Waals surface area contributed by atoms with Crippen LogP contribution in [0, 0.1) is 0 Å². The van der Waals surface area contributed by atoms with Crippen molar-refractivity contribution in [2.45, 2.75) is 74.8 Å². The van der Waals surface area contributed by atoms with Crippen molar-refractivity contribution in [2.75, 3.05) is 20.3 Å². The van der Waals surface area contributed by atoms with Gasteiger partial charge in [-0.15, -0.1) is 0 Å². The van der Waals surface area contributed by atoms with E-state index < -0.39 is 74.0 Å². The van der Waals surface area contributed by atoms with Gasteiger partial charge in [0.1, 0.15) is 49.3 Å². The minimum absolute atomic E-state index is 0.0649. The van der Waals surface area contributed by atoms with E-state index >= 15 is 0 Å². The summed E-state index contributed by atoms with van der Waals surface area (Å²) in [6, 6.07) is 8.61. The molecule has 0 aliphatic carbocycles. The fraction of sp³-hybridized carbons (Fsp3) is 0.500. The molecule has 2 aromatic carbocycles. The number of ether oxygens (including phenoxy) is 6. The van der Waals surface area contributed by atoms with Crippen molar-refractivity contribution in [3.05, 3.63) is 53.6 Å². The first-order chi connectivity index (χ1) is 21.4. The third kappa shape index (κ3) is 8.40. The van der Waals surface area contributed by atoms with Gasteiger partial charge >= 0.3 is 5.97 Å². The lowest BCUT2D eigenvalue weighted by Gasteiger charge is -2.45. The van der Waals surface area contributed by atoms with Crippen molar-refractivity contribution >= 4 is 12.0 Å². The first-order valence-electron chi connectivity index (χ1n) is 14.1. The summed E-state index contributed by atoms with van der Waals surface area (Å²) in [6.45, 7) is 0.849. The number of benzene rings is 2. The first kappa shape index (κ1) is 34.4. The number of carbonyl (C=O) groups excluding carboxylic acids is 1. The summed E-state index contributed by atoms with van der Waals surface area (Å²) in [5, 5.41) is 81.7. The Bertz CT molecular complexity index is 1320. The smallest absolute Gasteiger partial charge is 0.330 e. The molecule has 0 spiro atoms. The Hall–Kier alpha value is -3.51. The van der Waals surface area contributed by atoms with E-state index in [0.717, 1.165) is 6.08 Å². The molecule has 10 atom stereocenters. The number of aliphatic hydroxyl groups is 5. The van der Waals surface area contributed by atoms with Crippen molar-refractivity contribution in [2.24, 2.45) is 0 Å². The highest BCUT2D eigenvalue weighted by atomic mass is 16.7. The fourth-order valence-electron chi connectivity index (χ4n) is 4.81. The van der Waals surface area contributed by atoms with Gasteiger partial charge in [0.15, 0.2) is 35.6 Å². The second-order valence-corrected chi connectivity index (χ2v) is 10.6. The Morgan fingerprint density at radius 2 is 1.58 bits per heavy atom. The van der Waals surface area contributed by atoms with E-state index in [1.165, 1.54) is 44.4 Å². The Morgan fingerprint density at radius 3 is 2.29 bits per heavy atom. The normalized spacial score (nSPS) is 32.0. The summed E-state index contributed by atoms with van der Waals surface area (Å²) < 4.78 is 32.9. The quantitative estimate of drug-likeness (QED) is 0.0862. The average Bonchev–Trinajstić information content (AvgIpc) is 3.02. The van der Waals surface area contributed by atoms with Crippen molar-refractivity contribution in [3.63, 3.8) is 0 Å². The van der Waals surface area contributed by atoms with Crippen LogP contribution in [0.2, 0.25) is 0 Å². The van der Waals surface area contributed by atoms with Gasteiger partial charge in [-0.2, -0.15) is 0 Å². The minimum Gasteiger partial charge on any atom is -0.504 e. The zero-order chi connectivity index (χ0) is 32.8. The maximum atomic E-state index is 12.5. The van der Waals surface area contributed by atoms with Crippen LogP contribution in [0.25, 0.3) is 6.08 Å². The molecule has 0 saturated carbocycles. The number of methoxy groups -OCH3 is 1. The molecular formula is C30H38O15. The van der Waals surface area contributed by atoms with E-state index in [9.17, 15) is 45.6 Å². The van der Waals surface area contributed by atoms with Crippen molar-refractivity contribution in [1.29, 1.82) is 0 Å². The summed E-state index contributed by atoms with van der Waals surface area (Å²) in [5.74, 6) is -1.32. The van der Waals surface area contributed by atoms with Crippen molar-refractivity contribution in [1.82, 2.24) is 0 Å². The molecule has 45 heavy (non-hydrogen) atoms. The monoisotopic (exact) mass is 638 g/mol. The Labute approximate surface area is 258 Å². The zero-order valence-electron chi connectivity index (χ0n) is 24.4. The highest BCUT2D eigenvalue weighted by Crippen LogP contribution is 2.31. The topological polar surface area (TPSA) is 234 Å². The molecule has 0 unspecified atom stereocenters. The lowest BCUT2D eigenvalue weighted by atomic mass is 9.97. The third-order valence-corrected chi connectivity index (χ3v) is 7.46. The number of rotatable bonds is 11. The number of aliphatic hydroxyl groups excluding tert-OH is 5. The Kier molecular flexibility index (Phi) is 11.6. The number of carbonyl (C=O) groups is 1. The van der Waals surface area contributed by atoms with Gasteiger partial charge in [0.25, 0.3) is 0 Å². The molecule has 15 nitrogen and oxygen atoms in total. The van der Waals surface area contributed by atoms with E-state index in [2.05, 4.69) is 0 Å². The largest absolute Gasteiger partial charge is 0.504 e. The van der Waals surface area contributed by atoms with Gasteiger partial charge in [0.05, 0.1) is 19.8 Å². The Balaban J connectivity index is 1.44. The second-order valence-electron chi connectivity index (χ2n) is 10.6. The van der Waals surface area contributed by atoms with E-state index in [1.54, 1.807) is 12.1 Å². The molecule has 2 heterocycles. The number of esters is 1. The van der Waals surface area contributed by atoms with Gasteiger partial charge in [-0.25, -0.2) is 4.79 Å². The van der Waals surface area contributed by atoms with Crippen LogP contribution < -0.4 is 4.74 Å². The van der Waals surface area contributed by atoms with Crippen LogP contribution in [0.3, 0.4) is 0 Å². The molecule has 248 valence electrons. The van der Waals surface area contributed by atoms with Crippen LogP contribution in [0.1, 0.15) is 18.1 Å². The van der Waals surface area contributed by atoms with E-state index in [1.807, 2.05) is 0 Å². The fourth-order valence-corrected chi connectivity index (χ4v) is 4.81. The molecule has 0 bridgehead atoms. The van der Waals surface area contributed by atoms with Gasteiger partial charge in [0, 0.05) is 6.08 Å². The molecular weight excluding hydrogens is 600 g/mol. The average molecular weight is 639 g/mol. The minimum atomic E-state index is -1.74. The van der Waals surface area contributed by atoms with Gasteiger partial charge in [-0.3, -0.25) is 0 Å². The van der Waals surface area contributed by atoms with Crippen LogP contribution in [0.4, 0.5) is 0 Å². The molecule has 2 fully saturated rings. The van der Waals surface area contributed by atoms with Crippen LogP contribution in [0.5, 0.6) is 23.0 Å². The number of aromatic hydroxyl groups is 3. The molecule has 0 radical (unpaired) electrons. The lowest BCUT2D eigenvalue weighted by Crippen LogP contribution is -2.64. The summed E-state index contributed by atoms with van der Waals surface area (Å²) in [7, 11) is 1.38. The first-order valence-corrected chi connectivity index (χ1v) is 14.1. The highest BCUT2D eigenvalue weighted by Gasteiger charge is 2.50. The van der Waals surface area contributed by atoms with E-state index in [-0.39, 0.29) is 36.0 Å². The van der Waals surface area contributed by atoms with Crippen LogP contribution in [-0.4, -0.2) is 129 Å². The molecule has 15 heteroatoms. The molecule has 2 saturated heterocycles. The standard InChI is InChI=1S/C30H38O15/c1-14-23(35)25(37)26(38)30(43-14)45-28-24(36)21(13-42-22(34)8-5-15-4-7-18(32)20(12-15)40-2)44-29(27(28)39)41-10-9-16-3-6-17(31)19(33)11-16/h3-8,11-12,14,21,23-33,35-39H,9-10,13H2,1-2H3/t14-,21-,23+,24-,25-,26-,27-,28-,29-,30+/m1/s1. The third-order valence-electron chi connectivity index (χ3n) is 7.46. The van der Waals surface area contributed by atoms with Crippen LogP contribution in [-0.2, 0) is 34.9 Å². The van der Waals surface area contributed by atoms with Crippen LogP contribution in [0.15, 0.2) is 42.5 Å². The summed E-state index contributed by atoms with van der Waals surface area (Å²) >= 11 is 0.